The zero-order chi connectivity index (χ0) is 13.7. The van der Waals surface area contributed by atoms with Gasteiger partial charge in [-0.05, 0) is 24.1 Å². The third kappa shape index (κ3) is 3.55. The Kier molecular flexibility index (Phi) is 4.14. The molecular weight excluding hydrogens is 242 g/mol. The molecular formula is C14H15N3O2. The van der Waals surface area contributed by atoms with Gasteiger partial charge in [-0.25, -0.2) is 0 Å². The first-order chi connectivity index (χ1) is 9.19. The van der Waals surface area contributed by atoms with Crippen molar-refractivity contribution in [2.45, 2.75) is 12.8 Å². The van der Waals surface area contributed by atoms with Gasteiger partial charge in [0, 0.05) is 13.1 Å². The molecule has 5 nitrogen and oxygen atoms in total. The van der Waals surface area contributed by atoms with Crippen molar-refractivity contribution >= 4 is 11.8 Å². The molecule has 1 fully saturated rings. The molecule has 1 saturated heterocycles. The van der Waals surface area contributed by atoms with E-state index in [9.17, 15) is 9.59 Å². The number of hydrogen-bond acceptors (Lipinski definition) is 3. The molecule has 0 bridgehead atoms. The molecule has 0 saturated carbocycles. The molecule has 1 heterocycles. The van der Waals surface area contributed by atoms with Crippen LogP contribution in [0.1, 0.15) is 17.5 Å². The first-order valence-corrected chi connectivity index (χ1v) is 6.22. The highest BCUT2D eigenvalue weighted by molar-refractivity contribution is 5.86. The summed E-state index contributed by atoms with van der Waals surface area (Å²) in [5, 5.41) is 11.4. The van der Waals surface area contributed by atoms with Gasteiger partial charge in [0.25, 0.3) is 0 Å². The van der Waals surface area contributed by atoms with Gasteiger partial charge in [-0.15, -0.1) is 0 Å². The van der Waals surface area contributed by atoms with Gasteiger partial charge in [-0.1, -0.05) is 12.1 Å². The number of amides is 2. The number of nitrogens with one attached hydrogen (secondary N) is 1. The summed E-state index contributed by atoms with van der Waals surface area (Å²) in [6.07, 6.45) is 1.05. The lowest BCUT2D eigenvalue weighted by molar-refractivity contribution is -0.134. The molecule has 0 spiro atoms. The van der Waals surface area contributed by atoms with Crippen LogP contribution in [0.2, 0.25) is 0 Å². The van der Waals surface area contributed by atoms with Crippen molar-refractivity contribution in [2.24, 2.45) is 0 Å². The molecule has 1 aromatic carbocycles. The van der Waals surface area contributed by atoms with E-state index in [-0.39, 0.29) is 24.8 Å². The van der Waals surface area contributed by atoms with Crippen LogP contribution in [-0.2, 0) is 16.0 Å². The lowest BCUT2D eigenvalue weighted by Crippen LogP contribution is -2.38. The largest absolute Gasteiger partial charge is 0.354 e. The quantitative estimate of drug-likeness (QED) is 0.836. The monoisotopic (exact) mass is 257 g/mol. The highest BCUT2D eigenvalue weighted by Crippen LogP contribution is 2.07. The molecule has 2 amide bonds. The van der Waals surface area contributed by atoms with E-state index in [0.717, 1.165) is 12.0 Å². The Hall–Kier alpha value is -2.35. The number of benzene rings is 1. The van der Waals surface area contributed by atoms with E-state index in [1.165, 1.54) is 0 Å². The highest BCUT2D eigenvalue weighted by Gasteiger charge is 2.19. The first-order valence-electron chi connectivity index (χ1n) is 6.22. The van der Waals surface area contributed by atoms with E-state index < -0.39 is 0 Å². The van der Waals surface area contributed by atoms with Crippen LogP contribution in [-0.4, -0.2) is 36.3 Å². The molecule has 19 heavy (non-hydrogen) atoms. The second kappa shape index (κ2) is 6.01. The van der Waals surface area contributed by atoms with Crippen LogP contribution in [0.4, 0.5) is 0 Å². The Morgan fingerprint density at radius 1 is 1.37 bits per heavy atom. The van der Waals surface area contributed by atoms with Crippen LogP contribution < -0.4 is 5.32 Å². The molecule has 1 aliphatic heterocycles. The van der Waals surface area contributed by atoms with E-state index in [1.807, 2.05) is 6.07 Å². The minimum Gasteiger partial charge on any atom is -0.354 e. The van der Waals surface area contributed by atoms with Crippen LogP contribution in [0.3, 0.4) is 0 Å². The van der Waals surface area contributed by atoms with Gasteiger partial charge >= 0.3 is 0 Å². The molecule has 1 aromatic rings. The summed E-state index contributed by atoms with van der Waals surface area (Å²) in [5.41, 5.74) is 1.43. The van der Waals surface area contributed by atoms with Crippen molar-refractivity contribution in [3.8, 4) is 6.07 Å². The number of carbonyl (C=O) groups excluding carboxylic acids is 2. The van der Waals surface area contributed by atoms with Crippen molar-refractivity contribution < 1.29 is 9.59 Å². The van der Waals surface area contributed by atoms with Crippen LogP contribution in [0, 0.1) is 11.3 Å². The molecule has 0 radical (unpaired) electrons. The minimum atomic E-state index is -0.106. The Morgan fingerprint density at radius 2 is 2.11 bits per heavy atom. The maximum atomic E-state index is 12.1. The lowest BCUT2D eigenvalue weighted by atomic mass is 10.1. The van der Waals surface area contributed by atoms with Crippen LogP contribution >= 0.6 is 0 Å². The van der Waals surface area contributed by atoms with Gasteiger partial charge in [-0.2, -0.15) is 5.26 Å². The van der Waals surface area contributed by atoms with Crippen LogP contribution in [0.25, 0.3) is 0 Å². The zero-order valence-electron chi connectivity index (χ0n) is 10.6. The summed E-state index contributed by atoms with van der Waals surface area (Å²) in [4.78, 5) is 25.1. The molecule has 5 heteroatoms. The lowest BCUT2D eigenvalue weighted by Gasteiger charge is -2.18. The van der Waals surface area contributed by atoms with Gasteiger partial charge < -0.3 is 10.2 Å². The van der Waals surface area contributed by atoms with Gasteiger partial charge in [-0.3, -0.25) is 9.59 Å². The molecule has 0 aliphatic carbocycles. The average molecular weight is 257 g/mol. The Balaban J connectivity index is 1.99. The normalized spacial score (nSPS) is 15.3. The molecule has 1 N–H and O–H groups in total. The first kappa shape index (κ1) is 13.1. The average Bonchev–Trinajstić information content (AvgIpc) is 2.64. The third-order valence-electron chi connectivity index (χ3n) is 3.05. The van der Waals surface area contributed by atoms with Crippen LogP contribution in [0.15, 0.2) is 24.3 Å². The molecule has 0 unspecified atom stereocenters. The summed E-state index contributed by atoms with van der Waals surface area (Å²) < 4.78 is 0. The fraction of sp³-hybridized carbons (Fsp3) is 0.357. The predicted molar refractivity (Wildman–Crippen MR) is 69.1 cm³/mol. The van der Waals surface area contributed by atoms with E-state index in [1.54, 1.807) is 29.2 Å². The van der Waals surface area contributed by atoms with Crippen LogP contribution in [0.5, 0.6) is 0 Å². The summed E-state index contributed by atoms with van der Waals surface area (Å²) in [6.45, 7) is 1.36. The summed E-state index contributed by atoms with van der Waals surface area (Å²) in [5.74, 6) is -0.160. The van der Waals surface area contributed by atoms with Crippen molar-refractivity contribution in [3.63, 3.8) is 0 Å². The Labute approximate surface area is 111 Å². The van der Waals surface area contributed by atoms with Crippen molar-refractivity contribution in [3.05, 3.63) is 35.4 Å². The van der Waals surface area contributed by atoms with Crippen molar-refractivity contribution in [1.29, 1.82) is 5.26 Å². The topological polar surface area (TPSA) is 73.2 Å². The number of carbonyl (C=O) groups is 2. The SMILES string of the molecule is N#Cc1ccc(CC(=O)N2CCCNC(=O)C2)cc1. The second-order valence-corrected chi connectivity index (χ2v) is 4.50. The summed E-state index contributed by atoms with van der Waals surface area (Å²) in [6, 6.07) is 8.97. The molecule has 1 aliphatic rings. The fourth-order valence-electron chi connectivity index (χ4n) is 2.00. The van der Waals surface area contributed by atoms with Gasteiger partial charge in [0.15, 0.2) is 0 Å². The summed E-state index contributed by atoms with van der Waals surface area (Å²) >= 11 is 0. The molecule has 98 valence electrons. The number of nitrogens with zero attached hydrogens (tertiary/aromatic N) is 2. The zero-order valence-corrected chi connectivity index (χ0v) is 10.6. The Morgan fingerprint density at radius 3 is 2.79 bits per heavy atom. The summed E-state index contributed by atoms with van der Waals surface area (Å²) in [7, 11) is 0. The molecule has 0 atom stereocenters. The molecule has 2 rings (SSSR count). The maximum absolute atomic E-state index is 12.1. The highest BCUT2D eigenvalue weighted by atomic mass is 16.2. The predicted octanol–water partition coefficient (Wildman–Crippen LogP) is 0.449. The Bertz CT molecular complexity index is 516. The number of hydrogen-bond donors (Lipinski definition) is 1. The second-order valence-electron chi connectivity index (χ2n) is 4.50. The minimum absolute atomic E-state index is 0.0539. The number of nitriles is 1. The van der Waals surface area contributed by atoms with E-state index in [4.69, 9.17) is 5.26 Å². The van der Waals surface area contributed by atoms with Gasteiger partial charge in [0.1, 0.15) is 0 Å². The van der Waals surface area contributed by atoms with Gasteiger partial charge in [0.05, 0.1) is 24.6 Å². The standard InChI is InChI=1S/C14H15N3O2/c15-9-12-4-2-11(3-5-12)8-14(19)17-7-1-6-16-13(18)10-17/h2-5H,1,6-8,10H2,(H,16,18). The number of rotatable bonds is 2. The van der Waals surface area contributed by atoms with E-state index in [0.29, 0.717) is 18.7 Å². The maximum Gasteiger partial charge on any atom is 0.239 e. The van der Waals surface area contributed by atoms with Crippen molar-refractivity contribution in [2.75, 3.05) is 19.6 Å². The van der Waals surface area contributed by atoms with Gasteiger partial charge in [0.2, 0.25) is 11.8 Å². The van der Waals surface area contributed by atoms with E-state index in [2.05, 4.69) is 5.32 Å². The third-order valence-corrected chi connectivity index (χ3v) is 3.05. The molecule has 0 aromatic heterocycles. The van der Waals surface area contributed by atoms with Crippen molar-refractivity contribution in [1.82, 2.24) is 10.2 Å². The van der Waals surface area contributed by atoms with E-state index >= 15 is 0 Å². The fourth-order valence-corrected chi connectivity index (χ4v) is 2.00. The smallest absolute Gasteiger partial charge is 0.239 e.